The van der Waals surface area contributed by atoms with Crippen molar-refractivity contribution in [2.75, 3.05) is 0 Å². The molecular formula is C17H19N5O3. The first-order chi connectivity index (χ1) is 12.0. The van der Waals surface area contributed by atoms with E-state index < -0.39 is 24.0 Å². The number of nitrogens with zero attached hydrogens (tertiary/aromatic N) is 1. The first kappa shape index (κ1) is 16.7. The molecule has 0 spiro atoms. The van der Waals surface area contributed by atoms with Gasteiger partial charge in [-0.15, -0.1) is 0 Å². The van der Waals surface area contributed by atoms with Crippen LogP contribution in [0.2, 0.25) is 0 Å². The Hall–Kier alpha value is -3.13. The van der Waals surface area contributed by atoms with Crippen molar-refractivity contribution in [2.45, 2.75) is 24.9 Å². The van der Waals surface area contributed by atoms with Crippen molar-refractivity contribution in [1.82, 2.24) is 20.3 Å². The van der Waals surface area contributed by atoms with Crippen molar-refractivity contribution in [3.63, 3.8) is 0 Å². The van der Waals surface area contributed by atoms with Crippen LogP contribution < -0.4 is 11.1 Å². The number of nitrogens with one attached hydrogen (secondary N) is 3. The van der Waals surface area contributed by atoms with Crippen LogP contribution in [0.5, 0.6) is 0 Å². The second-order valence-electron chi connectivity index (χ2n) is 5.83. The molecule has 25 heavy (non-hydrogen) atoms. The summed E-state index contributed by atoms with van der Waals surface area (Å²) in [4.78, 5) is 33.5. The number of carboxylic acid groups (broad SMARTS) is 1. The van der Waals surface area contributed by atoms with Crippen molar-refractivity contribution in [3.8, 4) is 0 Å². The highest BCUT2D eigenvalue weighted by atomic mass is 16.4. The fraction of sp³-hybridized carbons (Fsp3) is 0.235. The number of benzene rings is 1. The van der Waals surface area contributed by atoms with Gasteiger partial charge in [-0.25, -0.2) is 9.78 Å². The second kappa shape index (κ2) is 7.18. The fourth-order valence-electron chi connectivity index (χ4n) is 2.72. The molecule has 2 atom stereocenters. The number of nitrogens with two attached hydrogens (primary N) is 1. The van der Waals surface area contributed by atoms with Gasteiger partial charge in [0.05, 0.1) is 18.1 Å². The van der Waals surface area contributed by atoms with E-state index in [0.717, 1.165) is 16.5 Å². The first-order valence-electron chi connectivity index (χ1n) is 7.86. The van der Waals surface area contributed by atoms with E-state index in [9.17, 15) is 14.7 Å². The van der Waals surface area contributed by atoms with Gasteiger partial charge >= 0.3 is 5.97 Å². The van der Waals surface area contributed by atoms with Gasteiger partial charge in [0.15, 0.2) is 0 Å². The summed E-state index contributed by atoms with van der Waals surface area (Å²) in [6.45, 7) is 0. The van der Waals surface area contributed by atoms with E-state index >= 15 is 0 Å². The Balaban J connectivity index is 1.65. The normalized spacial score (nSPS) is 13.5. The smallest absolute Gasteiger partial charge is 0.326 e. The van der Waals surface area contributed by atoms with Gasteiger partial charge in [-0.3, -0.25) is 4.79 Å². The van der Waals surface area contributed by atoms with Crippen LogP contribution in [-0.4, -0.2) is 44.0 Å². The van der Waals surface area contributed by atoms with Crippen LogP contribution in [0.4, 0.5) is 0 Å². The number of hydrogen-bond acceptors (Lipinski definition) is 4. The quantitative estimate of drug-likeness (QED) is 0.428. The maximum Gasteiger partial charge on any atom is 0.326 e. The number of imidazole rings is 1. The Morgan fingerprint density at radius 1 is 1.24 bits per heavy atom. The molecule has 8 heteroatoms. The summed E-state index contributed by atoms with van der Waals surface area (Å²) in [7, 11) is 0. The van der Waals surface area contributed by atoms with Gasteiger partial charge in [0.1, 0.15) is 6.04 Å². The lowest BCUT2D eigenvalue weighted by Crippen LogP contribution is -2.50. The predicted molar refractivity (Wildman–Crippen MR) is 91.8 cm³/mol. The number of fused-ring (bicyclic) bond motifs is 1. The number of aromatic nitrogens is 3. The number of carbonyl (C=O) groups excluding carboxylic acids is 1. The number of para-hydroxylation sites is 1. The molecule has 1 amide bonds. The van der Waals surface area contributed by atoms with E-state index in [2.05, 4.69) is 20.3 Å². The second-order valence-corrected chi connectivity index (χ2v) is 5.83. The van der Waals surface area contributed by atoms with Crippen molar-refractivity contribution in [1.29, 1.82) is 0 Å². The molecule has 8 nitrogen and oxygen atoms in total. The van der Waals surface area contributed by atoms with Gasteiger partial charge in [-0.2, -0.15) is 0 Å². The van der Waals surface area contributed by atoms with Crippen molar-refractivity contribution in [2.24, 2.45) is 5.73 Å². The molecular weight excluding hydrogens is 322 g/mol. The molecule has 0 aliphatic heterocycles. The number of carboxylic acids is 1. The Kier molecular flexibility index (Phi) is 4.80. The summed E-state index contributed by atoms with van der Waals surface area (Å²) in [5.41, 5.74) is 8.41. The van der Waals surface area contributed by atoms with Gasteiger partial charge in [0.2, 0.25) is 5.91 Å². The molecule has 0 radical (unpaired) electrons. The third-order valence-electron chi connectivity index (χ3n) is 4.03. The number of carbonyl (C=O) groups is 2. The van der Waals surface area contributed by atoms with Crippen molar-refractivity contribution in [3.05, 3.63) is 54.2 Å². The van der Waals surface area contributed by atoms with Gasteiger partial charge in [-0.05, 0) is 18.1 Å². The van der Waals surface area contributed by atoms with Gasteiger partial charge in [-0.1, -0.05) is 18.2 Å². The molecule has 0 unspecified atom stereocenters. The van der Waals surface area contributed by atoms with Gasteiger partial charge in [0.25, 0.3) is 0 Å². The molecule has 130 valence electrons. The van der Waals surface area contributed by atoms with E-state index in [1.165, 1.54) is 6.33 Å². The zero-order valence-corrected chi connectivity index (χ0v) is 13.4. The number of rotatable bonds is 7. The standard InChI is InChI=1S/C17H19N5O3/c18-13(5-10-7-20-14-4-2-1-3-12(10)14)16(23)22-15(17(24)25)6-11-8-19-9-21-11/h1-4,7-9,13,15,20H,5-6,18H2,(H,19,21)(H,22,23)(H,24,25)/t13-,15-/m0/s1. The van der Waals surface area contributed by atoms with E-state index in [0.29, 0.717) is 12.1 Å². The molecule has 2 aromatic heterocycles. The molecule has 0 fully saturated rings. The number of H-pyrrole nitrogens is 2. The minimum absolute atomic E-state index is 0.0877. The Morgan fingerprint density at radius 3 is 2.76 bits per heavy atom. The summed E-state index contributed by atoms with van der Waals surface area (Å²) in [6.07, 6.45) is 5.26. The summed E-state index contributed by atoms with van der Waals surface area (Å²) >= 11 is 0. The maximum atomic E-state index is 12.3. The first-order valence-corrected chi connectivity index (χ1v) is 7.86. The Bertz CT molecular complexity index is 871. The van der Waals surface area contributed by atoms with Gasteiger partial charge < -0.3 is 26.1 Å². The number of amides is 1. The molecule has 6 N–H and O–H groups in total. The lowest BCUT2D eigenvalue weighted by molar-refractivity contribution is -0.142. The van der Waals surface area contributed by atoms with Crippen LogP contribution in [-0.2, 0) is 22.4 Å². The topological polar surface area (TPSA) is 137 Å². The minimum atomic E-state index is -1.13. The molecule has 0 saturated carbocycles. The molecule has 0 bridgehead atoms. The molecule has 0 aliphatic carbocycles. The lowest BCUT2D eigenvalue weighted by atomic mass is 10.0. The molecule has 0 aliphatic rings. The van der Waals surface area contributed by atoms with Crippen LogP contribution in [0.1, 0.15) is 11.3 Å². The van der Waals surface area contributed by atoms with Crippen LogP contribution in [0.25, 0.3) is 10.9 Å². The number of hydrogen-bond donors (Lipinski definition) is 5. The monoisotopic (exact) mass is 341 g/mol. The Labute approximate surface area is 143 Å². The third-order valence-corrected chi connectivity index (χ3v) is 4.03. The third kappa shape index (κ3) is 3.86. The van der Waals surface area contributed by atoms with E-state index in [1.54, 1.807) is 6.20 Å². The highest BCUT2D eigenvalue weighted by Gasteiger charge is 2.24. The number of aliphatic carboxylic acids is 1. The van der Waals surface area contributed by atoms with Crippen molar-refractivity contribution < 1.29 is 14.7 Å². The van der Waals surface area contributed by atoms with Crippen LogP contribution in [0, 0.1) is 0 Å². The lowest BCUT2D eigenvalue weighted by Gasteiger charge is -2.17. The maximum absolute atomic E-state index is 12.3. The SMILES string of the molecule is N[C@@H](Cc1c[nH]c2ccccc12)C(=O)N[C@@H](Cc1c[nH]cn1)C(=O)O. The van der Waals surface area contributed by atoms with E-state index in [1.807, 2.05) is 30.5 Å². The average molecular weight is 341 g/mol. The highest BCUT2D eigenvalue weighted by molar-refractivity contribution is 5.88. The van der Waals surface area contributed by atoms with E-state index in [4.69, 9.17) is 5.73 Å². The molecule has 0 saturated heterocycles. The summed E-state index contributed by atoms with van der Waals surface area (Å²) in [6, 6.07) is 5.79. The minimum Gasteiger partial charge on any atom is -0.480 e. The Morgan fingerprint density at radius 2 is 2.04 bits per heavy atom. The zero-order chi connectivity index (χ0) is 17.8. The van der Waals surface area contributed by atoms with Crippen molar-refractivity contribution >= 4 is 22.8 Å². The zero-order valence-electron chi connectivity index (χ0n) is 13.4. The molecule has 3 rings (SSSR count). The van der Waals surface area contributed by atoms with Gasteiger partial charge in [0, 0.05) is 29.7 Å². The molecule has 3 aromatic rings. The highest BCUT2D eigenvalue weighted by Crippen LogP contribution is 2.18. The van der Waals surface area contributed by atoms with E-state index in [-0.39, 0.29) is 6.42 Å². The molecule has 2 heterocycles. The predicted octanol–water partition coefficient (Wildman–Crippen LogP) is 0.573. The largest absolute Gasteiger partial charge is 0.480 e. The summed E-state index contributed by atoms with van der Waals surface area (Å²) in [5.74, 6) is -1.64. The summed E-state index contributed by atoms with van der Waals surface area (Å²) in [5, 5.41) is 12.8. The fourth-order valence-corrected chi connectivity index (χ4v) is 2.72. The average Bonchev–Trinajstić information content (AvgIpc) is 3.24. The molecule has 1 aromatic carbocycles. The number of aromatic amines is 2. The van der Waals surface area contributed by atoms with Crippen LogP contribution >= 0.6 is 0 Å². The summed E-state index contributed by atoms with van der Waals surface area (Å²) < 4.78 is 0. The van der Waals surface area contributed by atoms with Crippen LogP contribution in [0.15, 0.2) is 43.0 Å². The van der Waals surface area contributed by atoms with Crippen LogP contribution in [0.3, 0.4) is 0 Å².